The highest BCUT2D eigenvalue weighted by Gasteiger charge is 2.33. The van der Waals surface area contributed by atoms with E-state index < -0.39 is 0 Å². The molecule has 1 unspecified atom stereocenters. The van der Waals surface area contributed by atoms with Crippen molar-refractivity contribution in [3.05, 3.63) is 54.4 Å². The molecule has 0 N–H and O–H groups in total. The number of ether oxygens (including phenoxy) is 2. The minimum Gasteiger partial charge on any atom is -0.496 e. The average molecular weight is 435 g/mol. The van der Waals surface area contributed by atoms with E-state index in [4.69, 9.17) is 14.5 Å². The van der Waals surface area contributed by atoms with Crippen LogP contribution in [0.1, 0.15) is 28.4 Å². The Kier molecular flexibility index (Phi) is 6.16. The fraction of sp³-hybridized carbons (Fsp3) is 0.348. The first-order chi connectivity index (χ1) is 15.5. The highest BCUT2D eigenvalue weighted by Crippen LogP contribution is 2.36. The zero-order valence-corrected chi connectivity index (χ0v) is 18.6. The van der Waals surface area contributed by atoms with E-state index in [1.165, 1.54) is 6.33 Å². The van der Waals surface area contributed by atoms with E-state index in [9.17, 15) is 4.79 Å². The van der Waals surface area contributed by atoms with Crippen molar-refractivity contribution in [1.82, 2.24) is 24.8 Å². The van der Waals surface area contributed by atoms with Crippen molar-refractivity contribution in [2.45, 2.75) is 12.3 Å². The van der Waals surface area contributed by atoms with Gasteiger partial charge in [0.1, 0.15) is 23.4 Å². The number of aromatic nitrogens is 4. The largest absolute Gasteiger partial charge is 0.496 e. The van der Waals surface area contributed by atoms with E-state index in [0.717, 1.165) is 23.2 Å². The maximum Gasteiger partial charge on any atom is 0.261 e. The minimum absolute atomic E-state index is 0.0524. The van der Waals surface area contributed by atoms with Crippen molar-refractivity contribution in [1.29, 1.82) is 0 Å². The smallest absolute Gasteiger partial charge is 0.261 e. The summed E-state index contributed by atoms with van der Waals surface area (Å²) in [6, 6.07) is 5.34. The summed E-state index contributed by atoms with van der Waals surface area (Å²) < 4.78 is 10.9. The predicted molar refractivity (Wildman–Crippen MR) is 120 cm³/mol. The van der Waals surface area contributed by atoms with Crippen LogP contribution in [0.15, 0.2) is 43.1 Å². The Balaban J connectivity index is 1.67. The molecule has 1 amide bonds. The van der Waals surface area contributed by atoms with Crippen LogP contribution < -0.4 is 14.4 Å². The summed E-state index contributed by atoms with van der Waals surface area (Å²) in [5, 5.41) is 0. The fourth-order valence-electron chi connectivity index (χ4n) is 3.96. The lowest BCUT2D eigenvalue weighted by Crippen LogP contribution is -2.29. The number of likely N-dealkylation sites (tertiary alicyclic amines) is 1. The van der Waals surface area contributed by atoms with Crippen LogP contribution >= 0.6 is 0 Å². The molecule has 1 fully saturated rings. The second kappa shape index (κ2) is 9.17. The molecule has 1 saturated heterocycles. The van der Waals surface area contributed by atoms with E-state index in [1.54, 1.807) is 44.8 Å². The van der Waals surface area contributed by atoms with Gasteiger partial charge in [-0.1, -0.05) is 6.07 Å². The molecule has 9 nitrogen and oxygen atoms in total. The van der Waals surface area contributed by atoms with E-state index in [1.807, 2.05) is 30.1 Å². The zero-order valence-electron chi connectivity index (χ0n) is 18.6. The molecule has 0 bridgehead atoms. The van der Waals surface area contributed by atoms with E-state index >= 15 is 0 Å². The molecular formula is C23H26N6O3. The van der Waals surface area contributed by atoms with Crippen LogP contribution in [0.4, 0.5) is 5.95 Å². The predicted octanol–water partition coefficient (Wildman–Crippen LogP) is 2.65. The van der Waals surface area contributed by atoms with Crippen LogP contribution in [0.25, 0.3) is 11.1 Å². The summed E-state index contributed by atoms with van der Waals surface area (Å²) in [6.07, 6.45) is 7.59. The molecule has 1 atom stereocenters. The number of carbonyl (C=O) groups excluding carboxylic acids is 1. The molecule has 32 heavy (non-hydrogen) atoms. The Labute approximate surface area is 187 Å². The van der Waals surface area contributed by atoms with Gasteiger partial charge < -0.3 is 19.3 Å². The number of amides is 1. The number of benzene rings is 1. The summed E-state index contributed by atoms with van der Waals surface area (Å²) in [7, 11) is 6.91. The monoisotopic (exact) mass is 434 g/mol. The number of methoxy groups -OCH3 is 2. The maximum absolute atomic E-state index is 13.4. The van der Waals surface area contributed by atoms with Crippen LogP contribution in [-0.4, -0.2) is 72.1 Å². The number of hydrogen-bond donors (Lipinski definition) is 0. The molecule has 0 saturated carbocycles. The number of nitrogens with zero attached hydrogens (tertiary/aromatic N) is 6. The highest BCUT2D eigenvalue weighted by atomic mass is 16.5. The van der Waals surface area contributed by atoms with Crippen LogP contribution in [-0.2, 0) is 0 Å². The molecule has 0 aliphatic carbocycles. The molecular weight excluding hydrogens is 408 g/mol. The van der Waals surface area contributed by atoms with Gasteiger partial charge in [0.15, 0.2) is 0 Å². The number of rotatable bonds is 6. The molecule has 3 heterocycles. The third-order valence-electron chi connectivity index (χ3n) is 5.58. The van der Waals surface area contributed by atoms with Crippen molar-refractivity contribution in [3.8, 4) is 22.6 Å². The van der Waals surface area contributed by atoms with Crippen molar-refractivity contribution >= 4 is 11.9 Å². The van der Waals surface area contributed by atoms with Crippen LogP contribution in [0, 0.1) is 0 Å². The fourth-order valence-corrected chi connectivity index (χ4v) is 3.96. The third-order valence-corrected chi connectivity index (χ3v) is 5.58. The number of carbonyl (C=O) groups is 1. The molecule has 2 aromatic heterocycles. The summed E-state index contributed by atoms with van der Waals surface area (Å²) >= 11 is 0. The van der Waals surface area contributed by atoms with Gasteiger partial charge in [0.25, 0.3) is 5.91 Å². The summed E-state index contributed by atoms with van der Waals surface area (Å²) in [4.78, 5) is 34.7. The van der Waals surface area contributed by atoms with Gasteiger partial charge in [-0.2, -0.15) is 0 Å². The van der Waals surface area contributed by atoms with Gasteiger partial charge in [0.2, 0.25) is 5.95 Å². The molecule has 1 aliphatic rings. The standard InChI is InChI=1S/C23H26N6O3/c1-28(2)23-26-12-17(16-10-24-14-25-11-16)21(27-23)15-8-9-29(13-15)22(30)20-18(31-3)6-5-7-19(20)32-4/h5-7,10-12,14-15H,8-9,13H2,1-4H3. The Morgan fingerprint density at radius 3 is 2.41 bits per heavy atom. The Hall–Kier alpha value is -3.75. The number of hydrogen-bond acceptors (Lipinski definition) is 8. The Bertz CT molecular complexity index is 1080. The quantitative estimate of drug-likeness (QED) is 0.585. The van der Waals surface area contributed by atoms with Gasteiger partial charge in [-0.25, -0.2) is 19.9 Å². The molecule has 0 spiro atoms. The van der Waals surface area contributed by atoms with E-state index in [0.29, 0.717) is 36.1 Å². The van der Waals surface area contributed by atoms with Crippen molar-refractivity contribution in [3.63, 3.8) is 0 Å². The second-order valence-corrected chi connectivity index (χ2v) is 7.76. The van der Waals surface area contributed by atoms with E-state index in [2.05, 4.69) is 15.0 Å². The van der Waals surface area contributed by atoms with Gasteiger partial charge in [0, 0.05) is 62.8 Å². The second-order valence-electron chi connectivity index (χ2n) is 7.76. The first-order valence-corrected chi connectivity index (χ1v) is 10.3. The van der Waals surface area contributed by atoms with Crippen LogP contribution in [0.2, 0.25) is 0 Å². The highest BCUT2D eigenvalue weighted by molar-refractivity contribution is 6.00. The lowest BCUT2D eigenvalue weighted by Gasteiger charge is -2.21. The van der Waals surface area contributed by atoms with Crippen molar-refractivity contribution in [2.24, 2.45) is 0 Å². The molecule has 1 aliphatic heterocycles. The molecule has 4 rings (SSSR count). The van der Waals surface area contributed by atoms with Gasteiger partial charge in [-0.15, -0.1) is 0 Å². The van der Waals surface area contributed by atoms with Crippen molar-refractivity contribution < 1.29 is 14.3 Å². The lowest BCUT2D eigenvalue weighted by molar-refractivity contribution is 0.0783. The molecule has 0 radical (unpaired) electrons. The number of anilines is 1. The van der Waals surface area contributed by atoms with Crippen LogP contribution in [0.3, 0.4) is 0 Å². The topological polar surface area (TPSA) is 93.6 Å². The SMILES string of the molecule is COc1cccc(OC)c1C(=O)N1CCC(c2nc(N(C)C)ncc2-c2cncnc2)C1. The third kappa shape index (κ3) is 4.05. The van der Waals surface area contributed by atoms with Gasteiger partial charge in [-0.05, 0) is 18.6 Å². The normalized spacial score (nSPS) is 15.5. The summed E-state index contributed by atoms with van der Waals surface area (Å²) in [5.74, 6) is 1.55. The molecule has 166 valence electrons. The van der Waals surface area contributed by atoms with Gasteiger partial charge in [-0.3, -0.25) is 4.79 Å². The molecule has 1 aromatic carbocycles. The molecule has 9 heteroatoms. The maximum atomic E-state index is 13.4. The Morgan fingerprint density at radius 2 is 1.78 bits per heavy atom. The summed E-state index contributed by atoms with van der Waals surface area (Å²) in [6.45, 7) is 1.14. The summed E-state index contributed by atoms with van der Waals surface area (Å²) in [5.41, 5.74) is 3.06. The van der Waals surface area contributed by atoms with E-state index in [-0.39, 0.29) is 11.8 Å². The zero-order chi connectivity index (χ0) is 22.7. The lowest BCUT2D eigenvalue weighted by atomic mass is 9.97. The Morgan fingerprint density at radius 1 is 1.09 bits per heavy atom. The first-order valence-electron chi connectivity index (χ1n) is 10.3. The first kappa shape index (κ1) is 21.5. The average Bonchev–Trinajstić information content (AvgIpc) is 3.33. The van der Waals surface area contributed by atoms with Crippen LogP contribution in [0.5, 0.6) is 11.5 Å². The van der Waals surface area contributed by atoms with Gasteiger partial charge in [0.05, 0.1) is 19.9 Å². The minimum atomic E-state index is -0.117. The van der Waals surface area contributed by atoms with Gasteiger partial charge >= 0.3 is 0 Å². The van der Waals surface area contributed by atoms with Crippen molar-refractivity contribution in [2.75, 3.05) is 46.3 Å². The molecule has 3 aromatic rings.